The Labute approximate surface area is 159 Å². The van der Waals surface area contributed by atoms with Crippen molar-refractivity contribution in [2.45, 2.75) is 6.54 Å². The first-order chi connectivity index (χ1) is 12.3. The van der Waals surface area contributed by atoms with E-state index in [0.29, 0.717) is 10.6 Å². The van der Waals surface area contributed by atoms with Crippen molar-refractivity contribution in [3.63, 3.8) is 0 Å². The summed E-state index contributed by atoms with van der Waals surface area (Å²) in [5, 5.41) is 24.8. The monoisotopic (exact) mass is 441 g/mol. The molecule has 0 aliphatic carbocycles. The molecule has 1 aromatic heterocycles. The number of urea groups is 1. The van der Waals surface area contributed by atoms with Crippen molar-refractivity contribution in [1.82, 2.24) is 5.32 Å². The number of carbonyl (C=O) groups is 4. The molecule has 0 fully saturated rings. The van der Waals surface area contributed by atoms with Gasteiger partial charge in [-0.3, -0.25) is 4.79 Å². The van der Waals surface area contributed by atoms with Gasteiger partial charge in [0.1, 0.15) is 5.00 Å². The molecule has 0 atom stereocenters. The lowest BCUT2D eigenvalue weighted by atomic mass is 10.3. The SMILES string of the molecule is O=C(NCc1cc(C(=O)O)c(NC(=O)C(=O)O)s1)Nc1cccc(Br)c1. The quantitative estimate of drug-likeness (QED) is 0.450. The van der Waals surface area contributed by atoms with Crippen LogP contribution in [0.25, 0.3) is 0 Å². The summed E-state index contributed by atoms with van der Waals surface area (Å²) in [4.78, 5) is 45.3. The molecular formula is C15H12BrN3O6S. The molecular weight excluding hydrogens is 430 g/mol. The Balaban J connectivity index is 2.02. The van der Waals surface area contributed by atoms with E-state index in [1.165, 1.54) is 6.07 Å². The van der Waals surface area contributed by atoms with Crippen molar-refractivity contribution in [2.24, 2.45) is 0 Å². The lowest BCUT2D eigenvalue weighted by Crippen LogP contribution is -2.27. The van der Waals surface area contributed by atoms with Crippen molar-refractivity contribution in [1.29, 1.82) is 0 Å². The minimum Gasteiger partial charge on any atom is -0.478 e. The summed E-state index contributed by atoms with van der Waals surface area (Å²) in [5.41, 5.74) is 0.303. The molecule has 0 bridgehead atoms. The van der Waals surface area contributed by atoms with E-state index in [1.54, 1.807) is 24.3 Å². The third-order valence-electron chi connectivity index (χ3n) is 2.94. The van der Waals surface area contributed by atoms with Crippen LogP contribution in [-0.4, -0.2) is 34.1 Å². The zero-order valence-electron chi connectivity index (χ0n) is 12.9. The van der Waals surface area contributed by atoms with Crippen LogP contribution < -0.4 is 16.0 Å². The summed E-state index contributed by atoms with van der Waals surface area (Å²) in [6.07, 6.45) is 0. The maximum Gasteiger partial charge on any atom is 0.394 e. The number of amides is 3. The number of hydrogen-bond donors (Lipinski definition) is 5. The van der Waals surface area contributed by atoms with E-state index in [0.717, 1.165) is 15.8 Å². The van der Waals surface area contributed by atoms with Gasteiger partial charge in [-0.25, -0.2) is 14.4 Å². The lowest BCUT2D eigenvalue weighted by molar-refractivity contribution is -0.147. The van der Waals surface area contributed by atoms with Crippen LogP contribution in [-0.2, 0) is 16.1 Å². The number of anilines is 2. The minimum atomic E-state index is -1.73. The van der Waals surface area contributed by atoms with Gasteiger partial charge in [-0.05, 0) is 24.3 Å². The van der Waals surface area contributed by atoms with Gasteiger partial charge in [-0.2, -0.15) is 0 Å². The third-order valence-corrected chi connectivity index (χ3v) is 4.48. The highest BCUT2D eigenvalue weighted by Crippen LogP contribution is 2.28. The zero-order valence-corrected chi connectivity index (χ0v) is 15.3. The predicted octanol–water partition coefficient (Wildman–Crippen LogP) is 2.55. The van der Waals surface area contributed by atoms with Gasteiger partial charge < -0.3 is 26.2 Å². The topological polar surface area (TPSA) is 145 Å². The summed E-state index contributed by atoms with van der Waals surface area (Å²) in [7, 11) is 0. The molecule has 0 aliphatic heterocycles. The van der Waals surface area contributed by atoms with Crippen molar-refractivity contribution in [3.05, 3.63) is 45.2 Å². The Kier molecular flexibility index (Phi) is 6.31. The number of carbonyl (C=O) groups excluding carboxylic acids is 2. The average Bonchev–Trinajstić information content (AvgIpc) is 2.96. The third kappa shape index (κ3) is 5.29. The Bertz CT molecular complexity index is 882. The number of carboxylic acid groups (broad SMARTS) is 2. The van der Waals surface area contributed by atoms with Crippen LogP contribution in [0.15, 0.2) is 34.8 Å². The molecule has 1 heterocycles. The smallest absolute Gasteiger partial charge is 0.394 e. The summed E-state index contributed by atoms with van der Waals surface area (Å²) >= 11 is 4.14. The number of benzene rings is 1. The second-order valence-electron chi connectivity index (χ2n) is 4.84. The van der Waals surface area contributed by atoms with E-state index in [4.69, 9.17) is 10.2 Å². The van der Waals surface area contributed by atoms with Crippen LogP contribution in [0.3, 0.4) is 0 Å². The highest BCUT2D eigenvalue weighted by Gasteiger charge is 2.20. The number of nitrogens with one attached hydrogen (secondary N) is 3. The number of aromatic carboxylic acids is 1. The molecule has 0 radical (unpaired) electrons. The van der Waals surface area contributed by atoms with Crippen molar-refractivity contribution in [3.8, 4) is 0 Å². The number of halogens is 1. The van der Waals surface area contributed by atoms with Gasteiger partial charge in [-0.15, -0.1) is 11.3 Å². The fourth-order valence-corrected chi connectivity index (χ4v) is 3.23. The highest BCUT2D eigenvalue weighted by molar-refractivity contribution is 9.10. The standard InChI is InChI=1S/C15H12BrN3O6S/c16-7-2-1-3-8(4-7)18-15(25)17-6-9-5-10(13(21)22)12(26-9)19-11(20)14(23)24/h1-5H,6H2,(H,19,20)(H,21,22)(H,23,24)(H2,17,18,25). The summed E-state index contributed by atoms with van der Waals surface area (Å²) in [5.74, 6) is -4.41. The first kappa shape index (κ1) is 19.4. The molecule has 0 unspecified atom stereocenters. The first-order valence-electron chi connectivity index (χ1n) is 6.97. The molecule has 1 aromatic carbocycles. The number of rotatable bonds is 5. The van der Waals surface area contributed by atoms with Crippen LogP contribution >= 0.6 is 27.3 Å². The molecule has 5 N–H and O–H groups in total. The van der Waals surface area contributed by atoms with Crippen LogP contribution in [0.1, 0.15) is 15.2 Å². The Morgan fingerprint density at radius 2 is 1.81 bits per heavy atom. The van der Waals surface area contributed by atoms with Crippen LogP contribution in [0, 0.1) is 0 Å². The molecule has 136 valence electrons. The van der Waals surface area contributed by atoms with Crippen molar-refractivity contribution in [2.75, 3.05) is 10.6 Å². The Morgan fingerprint density at radius 3 is 2.42 bits per heavy atom. The van der Waals surface area contributed by atoms with Gasteiger partial charge in [0.25, 0.3) is 0 Å². The van der Waals surface area contributed by atoms with E-state index in [9.17, 15) is 19.2 Å². The Morgan fingerprint density at radius 1 is 1.08 bits per heavy atom. The van der Waals surface area contributed by atoms with Crippen molar-refractivity contribution < 1.29 is 29.4 Å². The van der Waals surface area contributed by atoms with Crippen LogP contribution in [0.2, 0.25) is 0 Å². The minimum absolute atomic E-state index is 0.00623. The Hall–Kier alpha value is -2.92. The predicted molar refractivity (Wildman–Crippen MR) is 97.5 cm³/mol. The molecule has 9 nitrogen and oxygen atoms in total. The van der Waals surface area contributed by atoms with Crippen molar-refractivity contribution >= 4 is 61.8 Å². The van der Waals surface area contributed by atoms with Crippen LogP contribution in [0.4, 0.5) is 15.5 Å². The molecule has 0 saturated heterocycles. The van der Waals surface area contributed by atoms with E-state index >= 15 is 0 Å². The van der Waals surface area contributed by atoms with Gasteiger partial charge in [0.05, 0.1) is 12.1 Å². The molecule has 0 saturated carbocycles. The van der Waals surface area contributed by atoms with Gasteiger partial charge in [-0.1, -0.05) is 22.0 Å². The van der Waals surface area contributed by atoms with E-state index in [2.05, 4.69) is 26.6 Å². The molecule has 2 aromatic rings. The molecule has 11 heteroatoms. The number of hydrogen-bond acceptors (Lipinski definition) is 5. The van der Waals surface area contributed by atoms with Crippen LogP contribution in [0.5, 0.6) is 0 Å². The van der Waals surface area contributed by atoms with Gasteiger partial charge in [0, 0.05) is 15.0 Å². The second kappa shape index (κ2) is 8.45. The summed E-state index contributed by atoms with van der Waals surface area (Å²) in [6.45, 7) is -0.00623. The highest BCUT2D eigenvalue weighted by atomic mass is 79.9. The molecule has 0 spiro atoms. The number of thiophene rings is 1. The van der Waals surface area contributed by atoms with E-state index in [1.807, 2.05) is 5.32 Å². The molecule has 26 heavy (non-hydrogen) atoms. The fourth-order valence-electron chi connectivity index (χ4n) is 1.85. The van der Waals surface area contributed by atoms with Gasteiger partial charge >= 0.3 is 23.9 Å². The molecule has 0 aliphatic rings. The first-order valence-corrected chi connectivity index (χ1v) is 8.58. The lowest BCUT2D eigenvalue weighted by Gasteiger charge is -2.06. The number of aliphatic carboxylic acids is 1. The zero-order chi connectivity index (χ0) is 19.3. The normalized spacial score (nSPS) is 10.0. The maximum atomic E-state index is 11.9. The molecule has 3 amide bonds. The largest absolute Gasteiger partial charge is 0.478 e. The fraction of sp³-hybridized carbons (Fsp3) is 0.0667. The second-order valence-corrected chi connectivity index (χ2v) is 6.89. The summed E-state index contributed by atoms with van der Waals surface area (Å²) < 4.78 is 0.790. The van der Waals surface area contributed by atoms with Gasteiger partial charge in [0.2, 0.25) is 0 Å². The summed E-state index contributed by atoms with van der Waals surface area (Å²) in [6, 6.07) is 7.68. The van der Waals surface area contributed by atoms with E-state index in [-0.39, 0.29) is 17.1 Å². The maximum absolute atomic E-state index is 11.9. The number of carboxylic acids is 2. The average molecular weight is 442 g/mol. The van der Waals surface area contributed by atoms with E-state index < -0.39 is 23.9 Å². The van der Waals surface area contributed by atoms with Gasteiger partial charge in [0.15, 0.2) is 0 Å². The molecule has 2 rings (SSSR count).